The summed E-state index contributed by atoms with van der Waals surface area (Å²) in [4.78, 5) is 3.91. The highest BCUT2D eigenvalue weighted by Gasteiger charge is 2.34. The van der Waals surface area contributed by atoms with Gasteiger partial charge in [-0.3, -0.25) is 0 Å². The second-order valence-electron chi connectivity index (χ2n) is 4.76. The fourth-order valence-corrected chi connectivity index (χ4v) is 2.50. The summed E-state index contributed by atoms with van der Waals surface area (Å²) in [6, 6.07) is 4.51. The van der Waals surface area contributed by atoms with E-state index >= 15 is 0 Å². The average Bonchev–Trinajstić information content (AvgIpc) is 2.89. The number of oxazole rings is 1. The van der Waals surface area contributed by atoms with E-state index in [9.17, 15) is 13.2 Å². The van der Waals surface area contributed by atoms with Gasteiger partial charge in [0.15, 0.2) is 0 Å². The molecule has 21 heavy (non-hydrogen) atoms. The maximum atomic E-state index is 13.2. The first-order chi connectivity index (χ1) is 9.86. The minimum atomic E-state index is -4.41. The first-order valence-electron chi connectivity index (χ1n) is 6.37. The van der Waals surface area contributed by atoms with Crippen LogP contribution in [0.15, 0.2) is 45.2 Å². The highest BCUT2D eigenvalue weighted by molar-refractivity contribution is 7.99. The van der Waals surface area contributed by atoms with E-state index < -0.39 is 11.7 Å². The molecule has 0 spiro atoms. The Morgan fingerprint density at radius 3 is 2.67 bits per heavy atom. The summed E-state index contributed by atoms with van der Waals surface area (Å²) in [5.74, 6) is 0. The summed E-state index contributed by atoms with van der Waals surface area (Å²) in [6.45, 7) is 4.28. The van der Waals surface area contributed by atoms with Gasteiger partial charge in [0, 0.05) is 17.5 Å². The summed E-state index contributed by atoms with van der Waals surface area (Å²) >= 11 is 0.863. The minimum Gasteiger partial charge on any atom is -0.440 e. The Bertz CT molecular complexity index is 582. The third kappa shape index (κ3) is 4.50. The molecule has 0 saturated heterocycles. The van der Waals surface area contributed by atoms with Crippen molar-refractivity contribution in [3.05, 3.63) is 41.8 Å². The van der Waals surface area contributed by atoms with E-state index in [0.717, 1.165) is 11.8 Å². The van der Waals surface area contributed by atoms with Gasteiger partial charge in [0.2, 0.25) is 0 Å². The Labute approximate surface area is 124 Å². The van der Waals surface area contributed by atoms with Crippen LogP contribution in [0.25, 0.3) is 0 Å². The van der Waals surface area contributed by atoms with Crippen LogP contribution in [0.4, 0.5) is 13.2 Å². The largest absolute Gasteiger partial charge is 0.440 e. The van der Waals surface area contributed by atoms with Crippen molar-refractivity contribution in [2.24, 2.45) is 0 Å². The fraction of sp³-hybridized carbons (Fsp3) is 0.357. The van der Waals surface area contributed by atoms with E-state index in [1.807, 2.05) is 13.8 Å². The average molecular weight is 316 g/mol. The van der Waals surface area contributed by atoms with Crippen molar-refractivity contribution < 1.29 is 17.6 Å². The summed E-state index contributed by atoms with van der Waals surface area (Å²) in [5.41, 5.74) is -0.0819. The van der Waals surface area contributed by atoms with Crippen molar-refractivity contribution in [3.8, 4) is 0 Å². The third-order valence-corrected chi connectivity index (χ3v) is 3.62. The zero-order valence-electron chi connectivity index (χ0n) is 11.6. The number of alkyl halides is 3. The maximum absolute atomic E-state index is 13.2. The molecule has 0 bridgehead atoms. The quantitative estimate of drug-likeness (QED) is 0.890. The highest BCUT2D eigenvalue weighted by Crippen LogP contribution is 2.39. The molecule has 0 aliphatic rings. The lowest BCUT2D eigenvalue weighted by molar-refractivity contribution is -0.139. The van der Waals surface area contributed by atoms with Gasteiger partial charge in [-0.15, -0.1) is 0 Å². The van der Waals surface area contributed by atoms with Gasteiger partial charge in [-0.2, -0.15) is 13.2 Å². The molecular formula is C14H15F3N2OS. The fourth-order valence-electron chi connectivity index (χ4n) is 1.67. The first kappa shape index (κ1) is 15.9. The topological polar surface area (TPSA) is 38.1 Å². The molecule has 0 amide bonds. The lowest BCUT2D eigenvalue weighted by Gasteiger charge is -2.14. The summed E-state index contributed by atoms with van der Waals surface area (Å²) in [7, 11) is 0. The van der Waals surface area contributed by atoms with Crippen molar-refractivity contribution in [1.82, 2.24) is 10.3 Å². The molecule has 3 nitrogen and oxygen atoms in total. The number of nitrogens with zero attached hydrogens (tertiary/aromatic N) is 1. The Morgan fingerprint density at radius 1 is 1.33 bits per heavy atom. The maximum Gasteiger partial charge on any atom is 0.417 e. The molecule has 1 heterocycles. The number of rotatable bonds is 5. The zero-order valence-corrected chi connectivity index (χ0v) is 12.4. The summed E-state index contributed by atoms with van der Waals surface area (Å²) in [5, 5.41) is 3.29. The summed E-state index contributed by atoms with van der Waals surface area (Å²) < 4.78 is 44.5. The van der Waals surface area contributed by atoms with Crippen molar-refractivity contribution in [2.75, 3.05) is 0 Å². The van der Waals surface area contributed by atoms with Crippen molar-refractivity contribution in [2.45, 2.75) is 42.7 Å². The normalized spacial score (nSPS) is 12.1. The molecule has 0 atom stereocenters. The first-order valence-corrected chi connectivity index (χ1v) is 7.19. The second kappa shape index (κ2) is 6.53. The van der Waals surface area contributed by atoms with Crippen LogP contribution in [0, 0.1) is 0 Å². The lowest BCUT2D eigenvalue weighted by Crippen LogP contribution is -2.22. The number of nitrogens with one attached hydrogen (secondary N) is 1. The molecule has 2 aromatic rings. The predicted octanol–water partition coefficient (Wildman–Crippen LogP) is 4.34. The molecule has 0 fully saturated rings. The molecule has 0 aliphatic heterocycles. The van der Waals surface area contributed by atoms with Gasteiger partial charge in [0.05, 0.1) is 11.8 Å². The molecule has 0 radical (unpaired) electrons. The Hall–Kier alpha value is -1.47. The molecule has 7 heteroatoms. The molecular weight excluding hydrogens is 301 g/mol. The van der Waals surface area contributed by atoms with Crippen LogP contribution in [-0.2, 0) is 12.7 Å². The Balaban J connectivity index is 2.27. The number of benzene rings is 1. The molecule has 0 saturated carbocycles. The van der Waals surface area contributed by atoms with Crippen LogP contribution >= 0.6 is 11.8 Å². The molecule has 2 rings (SSSR count). The van der Waals surface area contributed by atoms with Gasteiger partial charge < -0.3 is 9.73 Å². The van der Waals surface area contributed by atoms with Crippen LogP contribution in [0.2, 0.25) is 0 Å². The SMILES string of the molecule is CC(C)NCc1ccc(Sc2ncco2)c(C(F)(F)F)c1. The number of aromatic nitrogens is 1. The number of hydrogen-bond donors (Lipinski definition) is 1. The standard InChI is InChI=1S/C14H15F3N2OS/c1-9(2)19-8-10-3-4-12(11(7-10)14(15,16)17)21-13-18-5-6-20-13/h3-7,9,19H,8H2,1-2H3. The van der Waals surface area contributed by atoms with E-state index in [4.69, 9.17) is 4.42 Å². The van der Waals surface area contributed by atoms with E-state index in [2.05, 4.69) is 10.3 Å². The van der Waals surface area contributed by atoms with Gasteiger partial charge in [-0.25, -0.2) is 4.98 Å². The molecule has 0 unspecified atom stereocenters. The van der Waals surface area contributed by atoms with Crippen LogP contribution in [0.1, 0.15) is 25.0 Å². The summed E-state index contributed by atoms with van der Waals surface area (Å²) in [6.07, 6.45) is -1.68. The molecule has 1 aromatic carbocycles. The Morgan fingerprint density at radius 2 is 2.10 bits per heavy atom. The lowest BCUT2D eigenvalue weighted by atomic mass is 10.1. The van der Waals surface area contributed by atoms with Gasteiger partial charge in [0.1, 0.15) is 6.26 Å². The Kier molecular flexibility index (Phi) is 4.95. The van der Waals surface area contributed by atoms with Crippen molar-refractivity contribution in [1.29, 1.82) is 0 Å². The van der Waals surface area contributed by atoms with Gasteiger partial charge in [0.25, 0.3) is 5.22 Å². The van der Waals surface area contributed by atoms with Crippen LogP contribution in [0.5, 0.6) is 0 Å². The number of hydrogen-bond acceptors (Lipinski definition) is 4. The molecule has 1 N–H and O–H groups in total. The predicted molar refractivity (Wildman–Crippen MR) is 74.0 cm³/mol. The van der Waals surface area contributed by atoms with E-state index in [1.165, 1.54) is 24.6 Å². The third-order valence-electron chi connectivity index (χ3n) is 2.67. The van der Waals surface area contributed by atoms with Crippen molar-refractivity contribution in [3.63, 3.8) is 0 Å². The molecule has 0 aliphatic carbocycles. The van der Waals surface area contributed by atoms with Gasteiger partial charge in [-0.05, 0) is 29.5 Å². The van der Waals surface area contributed by atoms with Crippen LogP contribution in [-0.4, -0.2) is 11.0 Å². The molecule has 114 valence electrons. The van der Waals surface area contributed by atoms with Gasteiger partial charge >= 0.3 is 6.18 Å². The van der Waals surface area contributed by atoms with E-state index in [1.54, 1.807) is 6.07 Å². The smallest absolute Gasteiger partial charge is 0.417 e. The molecule has 1 aromatic heterocycles. The monoisotopic (exact) mass is 316 g/mol. The van der Waals surface area contributed by atoms with E-state index in [-0.39, 0.29) is 16.2 Å². The number of halogens is 3. The second-order valence-corrected chi connectivity index (χ2v) is 5.76. The minimum absolute atomic E-state index is 0.0817. The van der Waals surface area contributed by atoms with Crippen molar-refractivity contribution >= 4 is 11.8 Å². The van der Waals surface area contributed by atoms with E-state index in [0.29, 0.717) is 12.1 Å². The zero-order chi connectivity index (χ0) is 15.5. The highest BCUT2D eigenvalue weighted by atomic mass is 32.2. The van der Waals surface area contributed by atoms with Crippen LogP contribution in [0.3, 0.4) is 0 Å². The van der Waals surface area contributed by atoms with Crippen LogP contribution < -0.4 is 5.32 Å². The van der Waals surface area contributed by atoms with Gasteiger partial charge in [-0.1, -0.05) is 19.9 Å².